The van der Waals surface area contributed by atoms with Gasteiger partial charge in [0.05, 0.1) is 6.54 Å². The molecule has 0 saturated heterocycles. The Morgan fingerprint density at radius 1 is 0.935 bits per heavy atom. The summed E-state index contributed by atoms with van der Waals surface area (Å²) in [4.78, 5) is 4.44. The van der Waals surface area contributed by atoms with E-state index in [4.69, 9.17) is 20.6 Å². The smallest absolute Gasteiger partial charge is 0.128 e. The molecule has 0 fully saturated rings. The first kappa shape index (κ1) is 20.5. The van der Waals surface area contributed by atoms with E-state index >= 15 is 0 Å². The molecule has 0 aliphatic carbocycles. The lowest BCUT2D eigenvalue weighted by molar-refractivity contribution is 0.299. The van der Waals surface area contributed by atoms with Crippen LogP contribution >= 0.6 is 0 Å². The summed E-state index contributed by atoms with van der Waals surface area (Å²) in [5.74, 6) is 2.57. The van der Waals surface area contributed by atoms with Gasteiger partial charge >= 0.3 is 0 Å². The van der Waals surface area contributed by atoms with Crippen molar-refractivity contribution < 1.29 is 9.47 Å². The molecule has 6 heteroatoms. The Hall–Kier alpha value is -3.80. The van der Waals surface area contributed by atoms with Crippen LogP contribution in [0.15, 0.2) is 71.7 Å². The maximum atomic E-state index is 7.46. The molecule has 0 spiro atoms. The van der Waals surface area contributed by atoms with Gasteiger partial charge in [-0.3, -0.25) is 10.4 Å². The lowest BCUT2D eigenvalue weighted by atomic mass is 10.1. The number of amidine groups is 2. The van der Waals surface area contributed by atoms with Crippen LogP contribution < -0.4 is 20.5 Å². The third kappa shape index (κ3) is 5.42. The summed E-state index contributed by atoms with van der Waals surface area (Å²) < 4.78 is 11.9. The van der Waals surface area contributed by atoms with Crippen LogP contribution in [0.5, 0.6) is 11.5 Å². The van der Waals surface area contributed by atoms with E-state index in [1.807, 2.05) is 36.4 Å². The number of nitrogens with one attached hydrogen (secondary N) is 2. The van der Waals surface area contributed by atoms with Gasteiger partial charge in [0.1, 0.15) is 36.4 Å². The fraction of sp³-hybridized carbons (Fsp3) is 0.200. The fourth-order valence-corrected chi connectivity index (χ4v) is 3.48. The number of nitrogen functional groups attached to an aromatic ring is 1. The predicted octanol–water partition coefficient (Wildman–Crippen LogP) is 3.79. The van der Waals surface area contributed by atoms with Crippen molar-refractivity contribution in [2.24, 2.45) is 10.7 Å². The van der Waals surface area contributed by atoms with Gasteiger partial charge in [0.15, 0.2) is 0 Å². The molecule has 1 aliphatic rings. The molecule has 1 aliphatic heterocycles. The summed E-state index contributed by atoms with van der Waals surface area (Å²) in [7, 11) is 0. The van der Waals surface area contributed by atoms with Gasteiger partial charge in [-0.15, -0.1) is 0 Å². The van der Waals surface area contributed by atoms with Crippen molar-refractivity contribution in [3.05, 3.63) is 94.5 Å². The van der Waals surface area contributed by atoms with Crippen molar-refractivity contribution in [1.29, 1.82) is 5.41 Å². The second-order valence-corrected chi connectivity index (χ2v) is 7.52. The molecule has 0 unspecified atom stereocenters. The number of aryl methyl sites for hydroxylation is 1. The van der Waals surface area contributed by atoms with Crippen molar-refractivity contribution in [3.8, 4) is 11.5 Å². The van der Waals surface area contributed by atoms with Gasteiger partial charge in [0.25, 0.3) is 0 Å². The molecule has 0 amide bonds. The van der Waals surface area contributed by atoms with Crippen LogP contribution in [0.1, 0.15) is 27.8 Å². The number of rotatable bonds is 8. The highest BCUT2D eigenvalue weighted by Gasteiger charge is 2.08. The topological polar surface area (TPSA) is 92.7 Å². The third-order valence-corrected chi connectivity index (χ3v) is 4.98. The van der Waals surface area contributed by atoms with Crippen molar-refractivity contribution in [3.63, 3.8) is 0 Å². The van der Waals surface area contributed by atoms with Crippen molar-refractivity contribution >= 4 is 11.7 Å². The van der Waals surface area contributed by atoms with Crippen LogP contribution in [0, 0.1) is 12.3 Å². The van der Waals surface area contributed by atoms with Gasteiger partial charge < -0.3 is 20.5 Å². The van der Waals surface area contributed by atoms with Crippen LogP contribution in [0.4, 0.5) is 0 Å². The predicted molar refractivity (Wildman–Crippen MR) is 123 cm³/mol. The number of benzene rings is 3. The number of ether oxygens (including phenoxy) is 2. The Bertz CT molecular complexity index is 1090. The first-order valence-corrected chi connectivity index (χ1v) is 10.2. The number of hydrogen-bond acceptors (Lipinski definition) is 5. The normalized spacial score (nSPS) is 12.7. The van der Waals surface area contributed by atoms with Crippen molar-refractivity contribution in [1.82, 2.24) is 5.32 Å². The highest BCUT2D eigenvalue weighted by atomic mass is 16.5. The number of nitrogens with zero attached hydrogens (tertiary/aromatic N) is 1. The maximum absolute atomic E-state index is 7.46. The molecule has 3 aromatic carbocycles. The van der Waals surface area contributed by atoms with Gasteiger partial charge in [-0.05, 0) is 72.6 Å². The highest BCUT2D eigenvalue weighted by Crippen LogP contribution is 2.19. The van der Waals surface area contributed by atoms with E-state index in [9.17, 15) is 0 Å². The summed E-state index contributed by atoms with van der Waals surface area (Å²) in [6, 6.07) is 21.6. The minimum Gasteiger partial charge on any atom is -0.489 e. The standard InChI is InChI=1S/C25H26N4O2/c1-17-12-18(15-30-22-6-2-20(3-7-22)24(26)27)14-19(13-17)16-31-23-8-4-21(5-9-23)25-28-10-11-29-25/h2-9,12-14H,10-11,15-16H2,1H3,(H3,26,27)(H,28,29). The summed E-state index contributed by atoms with van der Waals surface area (Å²) in [5, 5.41) is 10.7. The zero-order chi connectivity index (χ0) is 21.6. The molecule has 0 radical (unpaired) electrons. The maximum Gasteiger partial charge on any atom is 0.128 e. The van der Waals surface area contributed by atoms with Gasteiger partial charge in [-0.25, -0.2) is 0 Å². The Morgan fingerprint density at radius 2 is 1.52 bits per heavy atom. The molecular weight excluding hydrogens is 388 g/mol. The molecule has 0 aromatic heterocycles. The van der Waals surface area contributed by atoms with Gasteiger partial charge in [-0.2, -0.15) is 0 Å². The minimum atomic E-state index is 0.0495. The monoisotopic (exact) mass is 414 g/mol. The lowest BCUT2D eigenvalue weighted by Crippen LogP contribution is -2.19. The Morgan fingerprint density at radius 3 is 2.03 bits per heavy atom. The molecule has 158 valence electrons. The van der Waals surface area contributed by atoms with Crippen LogP contribution in [0.3, 0.4) is 0 Å². The van der Waals surface area contributed by atoms with Gasteiger partial charge in [0, 0.05) is 17.7 Å². The first-order valence-electron chi connectivity index (χ1n) is 10.2. The molecular formula is C25H26N4O2. The minimum absolute atomic E-state index is 0.0495. The van der Waals surface area contributed by atoms with Crippen molar-refractivity contribution in [2.45, 2.75) is 20.1 Å². The Kier molecular flexibility index (Phi) is 6.17. The van der Waals surface area contributed by atoms with E-state index in [-0.39, 0.29) is 5.84 Å². The molecule has 4 N–H and O–H groups in total. The third-order valence-electron chi connectivity index (χ3n) is 4.98. The molecule has 4 rings (SSSR count). The fourth-order valence-electron chi connectivity index (χ4n) is 3.48. The summed E-state index contributed by atoms with van der Waals surface area (Å²) in [6.07, 6.45) is 0. The summed E-state index contributed by atoms with van der Waals surface area (Å²) >= 11 is 0. The zero-order valence-corrected chi connectivity index (χ0v) is 17.5. The lowest BCUT2D eigenvalue weighted by Gasteiger charge is -2.12. The summed E-state index contributed by atoms with van der Waals surface area (Å²) in [5.41, 5.74) is 10.6. The number of nitrogens with two attached hydrogens (primary N) is 1. The second kappa shape index (κ2) is 9.34. The Labute approximate surface area is 182 Å². The molecule has 0 atom stereocenters. The van der Waals surface area contributed by atoms with Crippen LogP contribution in [-0.4, -0.2) is 24.8 Å². The molecule has 31 heavy (non-hydrogen) atoms. The first-order chi connectivity index (χ1) is 15.1. The second-order valence-electron chi connectivity index (χ2n) is 7.52. The van der Waals surface area contributed by atoms with E-state index in [2.05, 4.69) is 35.4 Å². The highest BCUT2D eigenvalue weighted by molar-refractivity contribution is 5.99. The molecule has 1 heterocycles. The van der Waals surface area contributed by atoms with Crippen LogP contribution in [0.25, 0.3) is 0 Å². The van der Waals surface area contributed by atoms with Crippen LogP contribution in [-0.2, 0) is 13.2 Å². The van der Waals surface area contributed by atoms with E-state index in [1.165, 1.54) is 0 Å². The molecule has 0 saturated carbocycles. The summed E-state index contributed by atoms with van der Waals surface area (Å²) in [6.45, 7) is 4.74. The van der Waals surface area contributed by atoms with Crippen molar-refractivity contribution in [2.75, 3.05) is 13.1 Å². The average molecular weight is 415 g/mol. The molecule has 0 bridgehead atoms. The van der Waals surface area contributed by atoms with E-state index in [0.29, 0.717) is 18.8 Å². The number of aliphatic imine (C=N–C) groups is 1. The Balaban J connectivity index is 1.35. The van der Waals surface area contributed by atoms with Crippen LogP contribution in [0.2, 0.25) is 0 Å². The quantitative estimate of drug-likeness (QED) is 0.386. The largest absolute Gasteiger partial charge is 0.489 e. The van der Waals surface area contributed by atoms with E-state index < -0.39 is 0 Å². The molecule has 6 nitrogen and oxygen atoms in total. The molecule has 3 aromatic rings. The van der Waals surface area contributed by atoms with Gasteiger partial charge in [-0.1, -0.05) is 17.7 Å². The average Bonchev–Trinajstić information content (AvgIpc) is 3.32. The number of hydrogen-bond donors (Lipinski definition) is 3. The zero-order valence-electron chi connectivity index (χ0n) is 17.5. The van der Waals surface area contributed by atoms with E-state index in [0.717, 1.165) is 52.7 Å². The van der Waals surface area contributed by atoms with E-state index in [1.54, 1.807) is 12.1 Å². The van der Waals surface area contributed by atoms with Gasteiger partial charge in [0.2, 0.25) is 0 Å². The SMILES string of the molecule is Cc1cc(COc2ccc(C(=N)N)cc2)cc(COc2ccc(C3=NCCN3)cc2)c1.